The van der Waals surface area contributed by atoms with E-state index < -0.39 is 10.0 Å². The van der Waals surface area contributed by atoms with Crippen molar-refractivity contribution in [1.29, 1.82) is 0 Å². The van der Waals surface area contributed by atoms with Crippen molar-refractivity contribution in [2.75, 3.05) is 13.1 Å². The molecule has 0 radical (unpaired) electrons. The van der Waals surface area contributed by atoms with Gasteiger partial charge in [0.2, 0.25) is 0 Å². The fraction of sp³-hybridized carbons (Fsp3) is 0.700. The van der Waals surface area contributed by atoms with Crippen LogP contribution in [0.4, 0.5) is 0 Å². The molecule has 1 unspecified atom stereocenters. The number of rotatable bonds is 6. The van der Waals surface area contributed by atoms with E-state index in [1.807, 2.05) is 13.8 Å². The molecule has 1 heterocycles. The molecule has 0 aliphatic heterocycles. The molecule has 0 saturated heterocycles. The van der Waals surface area contributed by atoms with E-state index in [0.717, 1.165) is 6.42 Å². The Balaban J connectivity index is 2.88. The highest BCUT2D eigenvalue weighted by Crippen LogP contribution is 2.14. The van der Waals surface area contributed by atoms with Crippen molar-refractivity contribution >= 4 is 10.0 Å². The normalized spacial score (nSPS) is 14.2. The molecule has 0 aliphatic carbocycles. The van der Waals surface area contributed by atoms with E-state index in [1.165, 1.54) is 16.8 Å². The van der Waals surface area contributed by atoms with E-state index in [2.05, 4.69) is 16.9 Å². The van der Waals surface area contributed by atoms with Crippen LogP contribution in [0.3, 0.4) is 0 Å². The van der Waals surface area contributed by atoms with Gasteiger partial charge in [0, 0.05) is 13.1 Å². The number of aromatic amines is 1. The molecule has 6 heteroatoms. The molecule has 0 amide bonds. The quantitative estimate of drug-likeness (QED) is 0.825. The second-order valence-electron chi connectivity index (χ2n) is 3.88. The van der Waals surface area contributed by atoms with Crippen LogP contribution in [0.2, 0.25) is 0 Å². The minimum atomic E-state index is -3.40. The molecule has 0 fully saturated rings. The Morgan fingerprint density at radius 3 is 2.62 bits per heavy atom. The van der Waals surface area contributed by atoms with Crippen LogP contribution in [-0.4, -0.2) is 35.8 Å². The maximum atomic E-state index is 12.1. The third-order valence-electron chi connectivity index (χ3n) is 2.66. The SMILES string of the molecule is CCC(C)CN(CC)S(=O)(=O)c1cnc[nH]1. The Kier molecular flexibility index (Phi) is 4.49. The summed E-state index contributed by atoms with van der Waals surface area (Å²) in [4.78, 5) is 6.39. The van der Waals surface area contributed by atoms with Crippen LogP contribution in [0.1, 0.15) is 27.2 Å². The fourth-order valence-corrected chi connectivity index (χ4v) is 2.86. The van der Waals surface area contributed by atoms with Gasteiger partial charge in [-0.15, -0.1) is 0 Å². The summed E-state index contributed by atoms with van der Waals surface area (Å²) in [5.74, 6) is 0.359. The second kappa shape index (κ2) is 5.45. The molecule has 92 valence electrons. The third-order valence-corrected chi connectivity index (χ3v) is 4.52. The molecule has 1 aromatic rings. The van der Waals surface area contributed by atoms with Gasteiger partial charge in [0.15, 0.2) is 5.03 Å². The highest BCUT2D eigenvalue weighted by atomic mass is 32.2. The molecule has 1 N–H and O–H groups in total. The highest BCUT2D eigenvalue weighted by Gasteiger charge is 2.25. The summed E-state index contributed by atoms with van der Waals surface area (Å²) in [6.45, 7) is 6.98. The lowest BCUT2D eigenvalue weighted by molar-refractivity contribution is 0.360. The average Bonchev–Trinajstić information content (AvgIpc) is 2.78. The molecule has 16 heavy (non-hydrogen) atoms. The zero-order valence-corrected chi connectivity index (χ0v) is 10.8. The van der Waals surface area contributed by atoms with Crippen molar-refractivity contribution < 1.29 is 8.42 Å². The minimum absolute atomic E-state index is 0.164. The van der Waals surface area contributed by atoms with Crippen LogP contribution in [0.5, 0.6) is 0 Å². The van der Waals surface area contributed by atoms with Crippen molar-refractivity contribution in [3.63, 3.8) is 0 Å². The zero-order chi connectivity index (χ0) is 12.2. The van der Waals surface area contributed by atoms with Crippen molar-refractivity contribution in [3.8, 4) is 0 Å². The summed E-state index contributed by atoms with van der Waals surface area (Å²) in [7, 11) is -3.40. The standard InChI is InChI=1S/C10H19N3O2S/c1-4-9(3)7-13(5-2)16(14,15)10-6-11-8-12-10/h6,8-9H,4-5,7H2,1-3H3,(H,11,12). The summed E-state index contributed by atoms with van der Waals surface area (Å²) in [5.41, 5.74) is 0. The molecule has 0 spiro atoms. The molecular weight excluding hydrogens is 226 g/mol. The van der Waals surface area contributed by atoms with Gasteiger partial charge < -0.3 is 4.98 Å². The molecule has 1 rings (SSSR count). The molecule has 1 aromatic heterocycles. The van der Waals surface area contributed by atoms with Gasteiger partial charge in [-0.2, -0.15) is 4.31 Å². The third kappa shape index (κ3) is 2.82. The van der Waals surface area contributed by atoms with Crippen LogP contribution in [0, 0.1) is 5.92 Å². The number of hydrogen-bond acceptors (Lipinski definition) is 3. The smallest absolute Gasteiger partial charge is 0.260 e. The van der Waals surface area contributed by atoms with Gasteiger partial charge >= 0.3 is 0 Å². The number of nitrogens with one attached hydrogen (secondary N) is 1. The summed E-state index contributed by atoms with van der Waals surface area (Å²) < 4.78 is 25.7. The fourth-order valence-electron chi connectivity index (χ4n) is 1.40. The molecule has 0 aromatic carbocycles. The number of hydrogen-bond donors (Lipinski definition) is 1. The lowest BCUT2D eigenvalue weighted by Crippen LogP contribution is -2.34. The van der Waals surface area contributed by atoms with Crippen molar-refractivity contribution in [2.45, 2.75) is 32.2 Å². The van der Waals surface area contributed by atoms with Gasteiger partial charge in [0.1, 0.15) is 0 Å². The first kappa shape index (κ1) is 13.2. The molecule has 0 saturated carbocycles. The molecule has 5 nitrogen and oxygen atoms in total. The van der Waals surface area contributed by atoms with Crippen molar-refractivity contribution in [1.82, 2.24) is 14.3 Å². The topological polar surface area (TPSA) is 66.1 Å². The monoisotopic (exact) mass is 245 g/mol. The zero-order valence-electron chi connectivity index (χ0n) is 9.97. The van der Waals surface area contributed by atoms with Crippen molar-refractivity contribution in [2.24, 2.45) is 5.92 Å². The lowest BCUT2D eigenvalue weighted by Gasteiger charge is -2.22. The molecule has 1 atom stereocenters. The lowest BCUT2D eigenvalue weighted by atomic mass is 10.1. The summed E-state index contributed by atoms with van der Waals surface area (Å²) in [6.07, 6.45) is 3.69. The summed E-state index contributed by atoms with van der Waals surface area (Å²) in [6, 6.07) is 0. The molecule has 0 aliphatic rings. The van der Waals surface area contributed by atoms with Crippen LogP contribution >= 0.6 is 0 Å². The largest absolute Gasteiger partial charge is 0.335 e. The number of nitrogens with zero attached hydrogens (tertiary/aromatic N) is 2. The van der Waals surface area contributed by atoms with Crippen molar-refractivity contribution in [3.05, 3.63) is 12.5 Å². The summed E-state index contributed by atoms with van der Waals surface area (Å²) >= 11 is 0. The van der Waals surface area contributed by atoms with E-state index in [4.69, 9.17) is 0 Å². The van der Waals surface area contributed by atoms with Gasteiger partial charge in [-0.3, -0.25) is 0 Å². The summed E-state index contributed by atoms with van der Waals surface area (Å²) in [5, 5.41) is 0.164. The number of sulfonamides is 1. The van der Waals surface area contributed by atoms with Gasteiger partial charge in [-0.1, -0.05) is 27.2 Å². The first-order valence-electron chi connectivity index (χ1n) is 5.50. The second-order valence-corrected chi connectivity index (χ2v) is 5.79. The van der Waals surface area contributed by atoms with Crippen LogP contribution in [0.25, 0.3) is 0 Å². The molecular formula is C10H19N3O2S. The van der Waals surface area contributed by atoms with Crippen LogP contribution < -0.4 is 0 Å². The van der Waals surface area contributed by atoms with Crippen LogP contribution in [0.15, 0.2) is 17.6 Å². The number of aromatic nitrogens is 2. The predicted molar refractivity (Wildman–Crippen MR) is 62.5 cm³/mol. The van der Waals surface area contributed by atoms with E-state index in [-0.39, 0.29) is 5.03 Å². The predicted octanol–water partition coefficient (Wildman–Crippen LogP) is 1.47. The Labute approximate surface area is 96.9 Å². The number of H-pyrrole nitrogens is 1. The Morgan fingerprint density at radius 2 is 2.19 bits per heavy atom. The highest BCUT2D eigenvalue weighted by molar-refractivity contribution is 7.89. The Bertz CT molecular complexity index is 400. The van der Waals surface area contributed by atoms with E-state index in [9.17, 15) is 8.42 Å². The Morgan fingerprint density at radius 1 is 1.50 bits per heavy atom. The number of imidazole rings is 1. The first-order valence-corrected chi connectivity index (χ1v) is 6.94. The van der Waals surface area contributed by atoms with Gasteiger partial charge in [-0.25, -0.2) is 13.4 Å². The average molecular weight is 245 g/mol. The van der Waals surface area contributed by atoms with Gasteiger partial charge in [0.05, 0.1) is 12.5 Å². The van der Waals surface area contributed by atoms with E-state index in [1.54, 1.807) is 0 Å². The van der Waals surface area contributed by atoms with Crippen LogP contribution in [-0.2, 0) is 10.0 Å². The van der Waals surface area contributed by atoms with E-state index in [0.29, 0.717) is 19.0 Å². The first-order chi connectivity index (χ1) is 7.52. The maximum absolute atomic E-state index is 12.1. The van der Waals surface area contributed by atoms with Gasteiger partial charge in [-0.05, 0) is 5.92 Å². The van der Waals surface area contributed by atoms with Gasteiger partial charge in [0.25, 0.3) is 10.0 Å². The molecule has 0 bridgehead atoms. The van der Waals surface area contributed by atoms with E-state index >= 15 is 0 Å². The maximum Gasteiger partial charge on any atom is 0.260 e. The minimum Gasteiger partial charge on any atom is -0.335 e. The Hall–Kier alpha value is -0.880.